The molecule has 1 aliphatic carbocycles. The van der Waals surface area contributed by atoms with Crippen molar-refractivity contribution < 1.29 is 14.3 Å². The number of pyridine rings is 1. The molecular formula is C27H31N3O3. The number of amides is 2. The first-order valence-corrected chi connectivity index (χ1v) is 11.8. The Balaban J connectivity index is 1.37. The Labute approximate surface area is 194 Å². The molecule has 2 aromatic carbocycles. The van der Waals surface area contributed by atoms with Gasteiger partial charge in [-0.2, -0.15) is 0 Å². The lowest BCUT2D eigenvalue weighted by Crippen LogP contribution is -2.34. The van der Waals surface area contributed by atoms with Crippen LogP contribution in [-0.4, -0.2) is 36.7 Å². The minimum Gasteiger partial charge on any atom is -0.450 e. The predicted molar refractivity (Wildman–Crippen MR) is 130 cm³/mol. The van der Waals surface area contributed by atoms with Gasteiger partial charge in [0.15, 0.2) is 0 Å². The van der Waals surface area contributed by atoms with Crippen LogP contribution in [0.4, 0.5) is 4.79 Å². The quantitative estimate of drug-likeness (QED) is 0.525. The third-order valence-corrected chi connectivity index (χ3v) is 6.36. The molecule has 1 saturated carbocycles. The number of ether oxygens (including phenoxy) is 1. The van der Waals surface area contributed by atoms with Crippen LogP contribution >= 0.6 is 0 Å². The number of para-hydroxylation sites is 1. The molecule has 1 aliphatic rings. The molecule has 0 atom stereocenters. The maximum absolute atomic E-state index is 13.2. The fourth-order valence-electron chi connectivity index (χ4n) is 4.50. The van der Waals surface area contributed by atoms with Gasteiger partial charge in [0.25, 0.3) is 5.91 Å². The average molecular weight is 446 g/mol. The third kappa shape index (κ3) is 5.89. The number of nitrogens with zero attached hydrogens (tertiary/aromatic N) is 1. The molecule has 1 fully saturated rings. The Morgan fingerprint density at radius 2 is 1.55 bits per heavy atom. The van der Waals surface area contributed by atoms with Crippen LogP contribution in [0.1, 0.15) is 43.0 Å². The molecule has 0 spiro atoms. The van der Waals surface area contributed by atoms with Crippen LogP contribution in [0.3, 0.4) is 0 Å². The number of aromatic nitrogens is 1. The average Bonchev–Trinajstić information content (AvgIpc) is 2.86. The summed E-state index contributed by atoms with van der Waals surface area (Å²) in [6.07, 6.45) is 3.84. The van der Waals surface area contributed by atoms with Crippen LogP contribution in [0.5, 0.6) is 0 Å². The lowest BCUT2D eigenvalue weighted by molar-refractivity contribution is 0.0942. The van der Waals surface area contributed by atoms with Crippen molar-refractivity contribution in [3.8, 4) is 11.3 Å². The molecule has 0 bridgehead atoms. The van der Waals surface area contributed by atoms with Crippen LogP contribution in [0.15, 0.2) is 60.7 Å². The zero-order chi connectivity index (χ0) is 23.0. The van der Waals surface area contributed by atoms with Crippen molar-refractivity contribution in [3.05, 3.63) is 66.2 Å². The Morgan fingerprint density at radius 3 is 2.24 bits per heavy atom. The summed E-state index contributed by atoms with van der Waals surface area (Å²) in [5, 5.41) is 6.87. The van der Waals surface area contributed by atoms with Crippen molar-refractivity contribution in [2.75, 3.05) is 19.7 Å². The second-order valence-corrected chi connectivity index (χ2v) is 8.64. The topological polar surface area (TPSA) is 80.3 Å². The molecule has 2 amide bonds. The molecule has 0 saturated heterocycles. The maximum Gasteiger partial charge on any atom is 0.407 e. The third-order valence-electron chi connectivity index (χ3n) is 6.36. The van der Waals surface area contributed by atoms with Crippen LogP contribution in [-0.2, 0) is 4.74 Å². The van der Waals surface area contributed by atoms with Gasteiger partial charge in [0.1, 0.15) is 0 Å². The van der Waals surface area contributed by atoms with E-state index in [1.165, 1.54) is 0 Å². The fourth-order valence-corrected chi connectivity index (χ4v) is 4.50. The summed E-state index contributed by atoms with van der Waals surface area (Å²) >= 11 is 0. The Hall–Kier alpha value is -3.41. The van der Waals surface area contributed by atoms with Crippen LogP contribution in [0, 0.1) is 11.8 Å². The lowest BCUT2D eigenvalue weighted by atomic mass is 9.82. The van der Waals surface area contributed by atoms with Crippen molar-refractivity contribution in [1.29, 1.82) is 0 Å². The molecule has 6 heteroatoms. The number of hydrogen-bond acceptors (Lipinski definition) is 4. The fraction of sp³-hybridized carbons (Fsp3) is 0.370. The Bertz CT molecular complexity index is 1090. The van der Waals surface area contributed by atoms with Crippen molar-refractivity contribution in [2.45, 2.75) is 32.6 Å². The molecule has 172 valence electrons. The van der Waals surface area contributed by atoms with Crippen molar-refractivity contribution in [2.24, 2.45) is 11.8 Å². The molecule has 2 N–H and O–H groups in total. The minimum absolute atomic E-state index is 0.0584. The smallest absolute Gasteiger partial charge is 0.407 e. The lowest BCUT2D eigenvalue weighted by Gasteiger charge is -2.28. The zero-order valence-corrected chi connectivity index (χ0v) is 19.0. The molecule has 0 radical (unpaired) electrons. The summed E-state index contributed by atoms with van der Waals surface area (Å²) in [5.41, 5.74) is 3.27. The van der Waals surface area contributed by atoms with Gasteiger partial charge in [0.05, 0.1) is 23.4 Å². The Morgan fingerprint density at radius 1 is 0.909 bits per heavy atom. The highest BCUT2D eigenvalue weighted by Crippen LogP contribution is 2.29. The van der Waals surface area contributed by atoms with Crippen molar-refractivity contribution in [3.63, 3.8) is 0 Å². The predicted octanol–water partition coefficient (Wildman–Crippen LogP) is 5.18. The molecule has 4 rings (SSSR count). The zero-order valence-electron chi connectivity index (χ0n) is 19.0. The van der Waals surface area contributed by atoms with Gasteiger partial charge in [-0.15, -0.1) is 0 Å². The van der Waals surface area contributed by atoms with Gasteiger partial charge in [-0.3, -0.25) is 4.79 Å². The van der Waals surface area contributed by atoms with Crippen LogP contribution in [0.2, 0.25) is 0 Å². The summed E-state index contributed by atoms with van der Waals surface area (Å²) in [7, 11) is 0. The second-order valence-electron chi connectivity index (χ2n) is 8.64. The number of carbonyl (C=O) groups excluding carboxylic acids is 2. The van der Waals surface area contributed by atoms with E-state index >= 15 is 0 Å². The first-order valence-electron chi connectivity index (χ1n) is 11.8. The molecule has 3 aromatic rings. The van der Waals surface area contributed by atoms with E-state index in [-0.39, 0.29) is 12.0 Å². The second kappa shape index (κ2) is 10.9. The standard InChI is InChI=1S/C27H31N3O3/c1-2-33-27(32)29-18-20-14-12-19(13-15-20)17-28-26(31)23-16-25(21-8-4-3-5-9-21)30-24-11-7-6-10-22(23)24/h3-11,16,19-20H,2,12-15,17-18H2,1H3,(H,28,31)(H,29,32)/t19-,20-. The molecule has 1 heterocycles. The first-order chi connectivity index (χ1) is 16.1. The molecule has 0 unspecified atom stereocenters. The molecule has 1 aromatic heterocycles. The number of fused-ring (bicyclic) bond motifs is 1. The van der Waals surface area contributed by atoms with E-state index in [9.17, 15) is 9.59 Å². The van der Waals surface area contributed by atoms with Gasteiger partial charge in [-0.25, -0.2) is 9.78 Å². The van der Waals surface area contributed by atoms with Crippen LogP contribution < -0.4 is 10.6 Å². The summed E-state index contributed by atoms with van der Waals surface area (Å²) in [5.74, 6) is 0.866. The molecule has 6 nitrogen and oxygen atoms in total. The van der Waals surface area contributed by atoms with E-state index in [0.29, 0.717) is 37.1 Å². The van der Waals surface area contributed by atoms with Gasteiger partial charge in [-0.1, -0.05) is 48.5 Å². The summed E-state index contributed by atoms with van der Waals surface area (Å²) in [6.45, 7) is 3.51. The summed E-state index contributed by atoms with van der Waals surface area (Å²) in [6, 6.07) is 19.6. The Kier molecular flexibility index (Phi) is 7.55. The van der Waals surface area contributed by atoms with E-state index in [1.807, 2.05) is 60.7 Å². The highest BCUT2D eigenvalue weighted by Gasteiger charge is 2.23. The van der Waals surface area contributed by atoms with Crippen molar-refractivity contribution in [1.82, 2.24) is 15.6 Å². The van der Waals surface area contributed by atoms with E-state index < -0.39 is 0 Å². The number of rotatable bonds is 7. The van der Waals surface area contributed by atoms with E-state index in [0.717, 1.165) is 47.8 Å². The molecular weight excluding hydrogens is 414 g/mol. The highest BCUT2D eigenvalue weighted by molar-refractivity contribution is 6.07. The first kappa shape index (κ1) is 22.8. The number of alkyl carbamates (subject to hydrolysis) is 1. The van der Waals surface area contributed by atoms with E-state index in [1.54, 1.807) is 6.92 Å². The highest BCUT2D eigenvalue weighted by atomic mass is 16.5. The van der Waals surface area contributed by atoms with Gasteiger partial charge >= 0.3 is 6.09 Å². The van der Waals surface area contributed by atoms with Gasteiger partial charge < -0.3 is 15.4 Å². The van der Waals surface area contributed by atoms with Gasteiger partial charge in [-0.05, 0) is 56.6 Å². The molecule has 0 aliphatic heterocycles. The van der Waals surface area contributed by atoms with E-state index in [2.05, 4.69) is 10.6 Å². The van der Waals surface area contributed by atoms with Crippen LogP contribution in [0.25, 0.3) is 22.2 Å². The number of hydrogen-bond donors (Lipinski definition) is 2. The number of benzene rings is 2. The molecule has 33 heavy (non-hydrogen) atoms. The number of carbonyl (C=O) groups is 2. The monoisotopic (exact) mass is 445 g/mol. The summed E-state index contributed by atoms with van der Waals surface area (Å²) in [4.78, 5) is 29.4. The largest absolute Gasteiger partial charge is 0.450 e. The minimum atomic E-state index is -0.341. The summed E-state index contributed by atoms with van der Waals surface area (Å²) < 4.78 is 4.93. The SMILES string of the molecule is CCOC(=O)NC[C@H]1CC[C@H](CNC(=O)c2cc(-c3ccccc3)nc3ccccc23)CC1. The van der Waals surface area contributed by atoms with E-state index in [4.69, 9.17) is 9.72 Å². The van der Waals surface area contributed by atoms with Gasteiger partial charge in [0, 0.05) is 24.0 Å². The number of nitrogens with one attached hydrogen (secondary N) is 2. The van der Waals surface area contributed by atoms with Gasteiger partial charge in [0.2, 0.25) is 0 Å². The normalized spacial score (nSPS) is 18.0. The van der Waals surface area contributed by atoms with Crippen molar-refractivity contribution >= 4 is 22.9 Å². The maximum atomic E-state index is 13.2.